The second-order valence-corrected chi connectivity index (χ2v) is 7.33. The van der Waals surface area contributed by atoms with Crippen molar-refractivity contribution in [3.8, 4) is 11.5 Å². The Balaban J connectivity index is 0.000000501. The van der Waals surface area contributed by atoms with Crippen LogP contribution in [0.4, 0.5) is 0 Å². The van der Waals surface area contributed by atoms with E-state index in [0.29, 0.717) is 0 Å². The van der Waals surface area contributed by atoms with Crippen LogP contribution >= 0.6 is 0 Å². The standard InChI is InChI=1S/C21H28N2O2.C2H2O4/c1-17-4-6-18(7-5-17)15-22-10-12-23(13-11-22)16-19-8-9-20(24-2)14-21(19)25-3;3-1(4)2(5)6/h4-9,14H,10-13,15-16H2,1-3H3;(H,3,4)(H,5,6). The minimum Gasteiger partial charge on any atom is -0.497 e. The molecule has 1 aliphatic rings. The zero-order chi connectivity index (χ0) is 22.8. The Hall–Kier alpha value is -3.10. The Kier molecular flexibility index (Phi) is 9.30. The molecule has 0 amide bonds. The van der Waals surface area contributed by atoms with Gasteiger partial charge in [0.15, 0.2) is 0 Å². The molecular formula is C23H30N2O6. The average Bonchev–Trinajstić information content (AvgIpc) is 2.77. The van der Waals surface area contributed by atoms with Gasteiger partial charge in [-0.25, -0.2) is 9.59 Å². The fraction of sp³-hybridized carbons (Fsp3) is 0.391. The SMILES string of the molecule is COc1ccc(CN2CCN(Cc3ccc(C)cc3)CC2)c(OC)c1.O=C(O)C(=O)O. The number of rotatable bonds is 6. The molecular weight excluding hydrogens is 400 g/mol. The van der Waals surface area contributed by atoms with Crippen LogP contribution in [0, 0.1) is 6.92 Å². The highest BCUT2D eigenvalue weighted by Crippen LogP contribution is 2.26. The molecule has 0 saturated carbocycles. The second kappa shape index (κ2) is 11.9. The van der Waals surface area contributed by atoms with Gasteiger partial charge in [0, 0.05) is 50.9 Å². The van der Waals surface area contributed by atoms with Gasteiger partial charge >= 0.3 is 11.9 Å². The van der Waals surface area contributed by atoms with Crippen molar-refractivity contribution in [3.05, 3.63) is 59.2 Å². The summed E-state index contributed by atoms with van der Waals surface area (Å²) in [5.41, 5.74) is 3.94. The lowest BCUT2D eigenvalue weighted by atomic mass is 10.1. The maximum atomic E-state index is 9.10. The Morgan fingerprint density at radius 3 is 1.87 bits per heavy atom. The first kappa shape index (κ1) is 24.2. The summed E-state index contributed by atoms with van der Waals surface area (Å²) in [6.07, 6.45) is 0. The molecule has 3 rings (SSSR count). The molecule has 0 spiro atoms. The Morgan fingerprint density at radius 1 is 0.839 bits per heavy atom. The van der Waals surface area contributed by atoms with E-state index in [4.69, 9.17) is 29.3 Å². The van der Waals surface area contributed by atoms with E-state index in [1.54, 1.807) is 14.2 Å². The van der Waals surface area contributed by atoms with Crippen molar-refractivity contribution < 1.29 is 29.3 Å². The summed E-state index contributed by atoms with van der Waals surface area (Å²) in [6.45, 7) is 8.47. The molecule has 31 heavy (non-hydrogen) atoms. The summed E-state index contributed by atoms with van der Waals surface area (Å²) in [5, 5.41) is 14.8. The number of hydrogen-bond acceptors (Lipinski definition) is 6. The Morgan fingerprint density at radius 2 is 1.39 bits per heavy atom. The van der Waals surface area contributed by atoms with E-state index in [1.165, 1.54) is 16.7 Å². The van der Waals surface area contributed by atoms with Crippen LogP contribution in [0.15, 0.2) is 42.5 Å². The first-order valence-corrected chi connectivity index (χ1v) is 9.99. The van der Waals surface area contributed by atoms with E-state index < -0.39 is 11.9 Å². The van der Waals surface area contributed by atoms with E-state index in [0.717, 1.165) is 50.8 Å². The van der Waals surface area contributed by atoms with Crippen LogP contribution in [0.5, 0.6) is 11.5 Å². The molecule has 2 N–H and O–H groups in total. The number of ether oxygens (including phenoxy) is 2. The van der Waals surface area contributed by atoms with Crippen molar-refractivity contribution in [1.82, 2.24) is 9.80 Å². The summed E-state index contributed by atoms with van der Waals surface area (Å²) >= 11 is 0. The zero-order valence-electron chi connectivity index (χ0n) is 18.2. The third-order valence-electron chi connectivity index (χ3n) is 5.06. The number of carboxylic acids is 2. The average molecular weight is 431 g/mol. The summed E-state index contributed by atoms with van der Waals surface area (Å²) in [6, 6.07) is 14.9. The van der Waals surface area contributed by atoms with Gasteiger partial charge in [-0.1, -0.05) is 35.9 Å². The summed E-state index contributed by atoms with van der Waals surface area (Å²) < 4.78 is 10.8. The normalized spacial score (nSPS) is 14.3. The third-order valence-corrected chi connectivity index (χ3v) is 5.06. The van der Waals surface area contributed by atoms with E-state index in [9.17, 15) is 0 Å². The van der Waals surface area contributed by atoms with Gasteiger partial charge in [0.1, 0.15) is 11.5 Å². The fourth-order valence-corrected chi connectivity index (χ4v) is 3.28. The lowest BCUT2D eigenvalue weighted by Gasteiger charge is -2.35. The number of piperazine rings is 1. The predicted octanol–water partition coefficient (Wildman–Crippen LogP) is 2.49. The van der Waals surface area contributed by atoms with Gasteiger partial charge in [-0.15, -0.1) is 0 Å². The number of hydrogen-bond donors (Lipinski definition) is 2. The van der Waals surface area contributed by atoms with E-state index >= 15 is 0 Å². The quantitative estimate of drug-likeness (QED) is 0.675. The van der Waals surface area contributed by atoms with Gasteiger partial charge in [-0.2, -0.15) is 0 Å². The number of nitrogens with zero attached hydrogens (tertiary/aromatic N) is 2. The van der Waals surface area contributed by atoms with E-state index in [2.05, 4.69) is 47.1 Å². The summed E-state index contributed by atoms with van der Waals surface area (Å²) in [7, 11) is 3.40. The lowest BCUT2D eigenvalue weighted by molar-refractivity contribution is -0.159. The number of aryl methyl sites for hydroxylation is 1. The molecule has 2 aromatic carbocycles. The predicted molar refractivity (Wildman–Crippen MR) is 117 cm³/mol. The number of carbonyl (C=O) groups is 2. The molecule has 1 heterocycles. The van der Waals surface area contributed by atoms with E-state index in [1.807, 2.05) is 12.1 Å². The molecule has 1 saturated heterocycles. The zero-order valence-corrected chi connectivity index (χ0v) is 18.2. The van der Waals surface area contributed by atoms with Crippen LogP contribution in [-0.2, 0) is 22.7 Å². The van der Waals surface area contributed by atoms with Crippen LogP contribution in [0.1, 0.15) is 16.7 Å². The van der Waals surface area contributed by atoms with Crippen LogP contribution in [0.25, 0.3) is 0 Å². The molecule has 0 aliphatic carbocycles. The van der Waals surface area contributed by atoms with Crippen LogP contribution in [0.3, 0.4) is 0 Å². The maximum Gasteiger partial charge on any atom is 0.414 e. The maximum absolute atomic E-state index is 9.10. The van der Waals surface area contributed by atoms with Gasteiger partial charge in [0.05, 0.1) is 14.2 Å². The minimum absolute atomic E-state index is 0.837. The molecule has 8 nitrogen and oxygen atoms in total. The summed E-state index contributed by atoms with van der Waals surface area (Å²) in [5.74, 6) is -1.91. The molecule has 0 radical (unpaired) electrons. The smallest absolute Gasteiger partial charge is 0.414 e. The largest absolute Gasteiger partial charge is 0.497 e. The van der Waals surface area contributed by atoms with Crippen LogP contribution in [-0.4, -0.2) is 72.4 Å². The Bertz CT molecular complexity index is 849. The molecule has 8 heteroatoms. The highest BCUT2D eigenvalue weighted by Gasteiger charge is 2.18. The summed E-state index contributed by atoms with van der Waals surface area (Å²) in [4.78, 5) is 23.2. The molecule has 0 unspecified atom stereocenters. The highest BCUT2D eigenvalue weighted by molar-refractivity contribution is 6.27. The fourth-order valence-electron chi connectivity index (χ4n) is 3.28. The Labute approximate surface area is 182 Å². The molecule has 1 fully saturated rings. The van der Waals surface area contributed by atoms with Crippen molar-refractivity contribution >= 4 is 11.9 Å². The number of carboxylic acid groups (broad SMARTS) is 2. The molecule has 2 aromatic rings. The van der Waals surface area contributed by atoms with Crippen molar-refractivity contribution in [2.75, 3.05) is 40.4 Å². The first-order chi connectivity index (χ1) is 14.8. The molecule has 168 valence electrons. The van der Waals surface area contributed by atoms with Crippen molar-refractivity contribution in [2.45, 2.75) is 20.0 Å². The van der Waals surface area contributed by atoms with Crippen molar-refractivity contribution in [2.24, 2.45) is 0 Å². The van der Waals surface area contributed by atoms with Gasteiger partial charge in [0.2, 0.25) is 0 Å². The van der Waals surface area contributed by atoms with Crippen molar-refractivity contribution in [1.29, 1.82) is 0 Å². The highest BCUT2D eigenvalue weighted by atomic mass is 16.5. The van der Waals surface area contributed by atoms with Gasteiger partial charge in [0.25, 0.3) is 0 Å². The van der Waals surface area contributed by atoms with Crippen LogP contribution < -0.4 is 9.47 Å². The molecule has 1 aliphatic heterocycles. The first-order valence-electron chi connectivity index (χ1n) is 9.99. The third kappa shape index (κ3) is 7.92. The van der Waals surface area contributed by atoms with Gasteiger partial charge in [-0.05, 0) is 18.6 Å². The molecule has 0 aromatic heterocycles. The lowest BCUT2D eigenvalue weighted by Crippen LogP contribution is -2.45. The second-order valence-electron chi connectivity index (χ2n) is 7.33. The number of methoxy groups -OCH3 is 2. The van der Waals surface area contributed by atoms with Gasteiger partial charge < -0.3 is 19.7 Å². The number of aliphatic carboxylic acids is 2. The molecule has 0 atom stereocenters. The monoisotopic (exact) mass is 430 g/mol. The van der Waals surface area contributed by atoms with E-state index in [-0.39, 0.29) is 0 Å². The van der Waals surface area contributed by atoms with Crippen LogP contribution in [0.2, 0.25) is 0 Å². The van der Waals surface area contributed by atoms with Crippen molar-refractivity contribution in [3.63, 3.8) is 0 Å². The minimum atomic E-state index is -1.82. The van der Waals surface area contributed by atoms with Gasteiger partial charge in [-0.3, -0.25) is 9.80 Å². The molecule has 0 bridgehead atoms. The number of benzene rings is 2. The topological polar surface area (TPSA) is 99.5 Å².